The Morgan fingerprint density at radius 3 is 2.63 bits per heavy atom. The lowest BCUT2D eigenvalue weighted by Crippen LogP contribution is -2.18. The van der Waals surface area contributed by atoms with Gasteiger partial charge in [0.15, 0.2) is 0 Å². The molecule has 228 valence electrons. The van der Waals surface area contributed by atoms with Gasteiger partial charge in [-0.15, -0.1) is 0 Å². The summed E-state index contributed by atoms with van der Waals surface area (Å²) in [5.74, 6) is 3.96. The highest BCUT2D eigenvalue weighted by atomic mass is 35.5. The second kappa shape index (κ2) is 14.7. The Balaban J connectivity index is 1.30. The maximum Gasteiger partial charge on any atom is 0.232 e. The lowest BCUT2D eigenvalue weighted by molar-refractivity contribution is 0.306. The van der Waals surface area contributed by atoms with E-state index in [1.165, 1.54) is 18.5 Å². The predicted octanol–water partition coefficient (Wildman–Crippen LogP) is 8.07. The Morgan fingerprint density at radius 2 is 1.86 bits per heavy atom. The van der Waals surface area contributed by atoms with Crippen LogP contribution < -0.4 is 19.5 Å². The number of anilines is 3. The summed E-state index contributed by atoms with van der Waals surface area (Å²) >= 11 is 6.49. The Labute approximate surface area is 264 Å². The van der Waals surface area contributed by atoms with Gasteiger partial charge in [-0.1, -0.05) is 51.7 Å². The molecule has 5 rings (SSSR count). The summed E-state index contributed by atoms with van der Waals surface area (Å²) in [6.07, 6.45) is 3.94. The molecular weight excluding hydrogens is 631 g/mol. The van der Waals surface area contributed by atoms with Crippen molar-refractivity contribution in [3.63, 3.8) is 0 Å². The van der Waals surface area contributed by atoms with Gasteiger partial charge in [0.2, 0.25) is 10.0 Å². The largest absolute Gasteiger partial charge is 0.492 e. The third-order valence-electron chi connectivity index (χ3n) is 6.75. The van der Waals surface area contributed by atoms with E-state index in [0.29, 0.717) is 69.1 Å². The number of hydrogen-bond acceptors (Lipinski definition) is 9. The van der Waals surface area contributed by atoms with Crippen LogP contribution in [0, 0.1) is 11.7 Å². The van der Waals surface area contributed by atoms with E-state index >= 15 is 0 Å². The molecule has 1 aromatic heterocycles. The lowest BCUT2D eigenvalue weighted by atomic mass is 10.1. The standard InChI is InChI=1S/C30H32ClFN4O4S3/c1-2-39-29-15-26-24(14-27(29)36-43(37,38)11-4-3-6-21-17-41-42-18-21)30(34-19-33-26)35-23-9-10-28(25(31)13-23)40-16-20-7-5-8-22(32)12-20/h5,7-10,12-15,19,21,36H,2-4,6,11,16-18H2,1H3,(H,33,34,35). The van der Waals surface area contributed by atoms with Crippen molar-refractivity contribution in [3.05, 3.63) is 77.3 Å². The van der Waals surface area contributed by atoms with Gasteiger partial charge in [-0.3, -0.25) is 4.72 Å². The fraction of sp³-hybridized carbons (Fsp3) is 0.333. The molecule has 1 saturated heterocycles. The number of rotatable bonds is 14. The van der Waals surface area contributed by atoms with Crippen molar-refractivity contribution in [2.75, 3.05) is 33.9 Å². The van der Waals surface area contributed by atoms with Crippen LogP contribution in [0.3, 0.4) is 0 Å². The second-order valence-corrected chi connectivity index (χ2v) is 14.9. The minimum Gasteiger partial charge on any atom is -0.492 e. The van der Waals surface area contributed by atoms with Crippen LogP contribution in [0.25, 0.3) is 10.9 Å². The van der Waals surface area contributed by atoms with Gasteiger partial charge in [0, 0.05) is 28.6 Å². The van der Waals surface area contributed by atoms with Crippen molar-refractivity contribution in [2.45, 2.75) is 32.8 Å². The molecule has 4 aromatic rings. The molecule has 0 radical (unpaired) electrons. The number of benzene rings is 3. The van der Waals surface area contributed by atoms with E-state index < -0.39 is 10.0 Å². The molecule has 2 N–H and O–H groups in total. The van der Waals surface area contributed by atoms with Crippen molar-refractivity contribution in [3.8, 4) is 11.5 Å². The Bertz CT molecular complexity index is 1670. The SMILES string of the molecule is CCOc1cc2ncnc(Nc3ccc(OCc4cccc(F)c4)c(Cl)c3)c2cc1NS(=O)(=O)CCCCC1CSSC1. The van der Waals surface area contributed by atoms with E-state index in [0.717, 1.165) is 24.3 Å². The summed E-state index contributed by atoms with van der Waals surface area (Å²) < 4.78 is 53.8. The van der Waals surface area contributed by atoms with Gasteiger partial charge in [0.1, 0.15) is 36.1 Å². The van der Waals surface area contributed by atoms with E-state index in [4.69, 9.17) is 21.1 Å². The summed E-state index contributed by atoms with van der Waals surface area (Å²) in [7, 11) is 0.182. The maximum atomic E-state index is 13.5. The maximum absolute atomic E-state index is 13.5. The van der Waals surface area contributed by atoms with E-state index in [1.807, 2.05) is 28.5 Å². The molecule has 0 amide bonds. The molecule has 8 nitrogen and oxygen atoms in total. The Hall–Kier alpha value is -2.93. The van der Waals surface area contributed by atoms with Crippen molar-refractivity contribution in [1.29, 1.82) is 0 Å². The zero-order chi connectivity index (χ0) is 30.2. The van der Waals surface area contributed by atoms with Crippen molar-refractivity contribution >= 4 is 71.3 Å². The number of fused-ring (bicyclic) bond motifs is 1. The highest BCUT2D eigenvalue weighted by Crippen LogP contribution is 2.37. The van der Waals surface area contributed by atoms with Gasteiger partial charge >= 0.3 is 0 Å². The summed E-state index contributed by atoms with van der Waals surface area (Å²) in [4.78, 5) is 8.77. The number of nitrogens with one attached hydrogen (secondary N) is 2. The monoisotopic (exact) mass is 662 g/mol. The van der Waals surface area contributed by atoms with Crippen LogP contribution in [0.15, 0.2) is 60.9 Å². The number of ether oxygens (including phenoxy) is 2. The second-order valence-electron chi connectivity index (χ2n) is 10.1. The highest BCUT2D eigenvalue weighted by Gasteiger charge is 2.19. The number of aromatic nitrogens is 2. The Kier molecular flexibility index (Phi) is 10.8. The van der Waals surface area contributed by atoms with Crippen LogP contribution >= 0.6 is 33.2 Å². The molecule has 2 heterocycles. The van der Waals surface area contributed by atoms with Crippen LogP contribution in [0.5, 0.6) is 11.5 Å². The first-order valence-electron chi connectivity index (χ1n) is 13.9. The molecule has 0 unspecified atom stereocenters. The number of halogens is 2. The first kappa shape index (κ1) is 31.5. The molecule has 1 fully saturated rings. The molecular formula is C30H32ClFN4O4S3. The zero-order valence-corrected chi connectivity index (χ0v) is 26.7. The topological polar surface area (TPSA) is 102 Å². The predicted molar refractivity (Wildman–Crippen MR) is 176 cm³/mol. The molecule has 43 heavy (non-hydrogen) atoms. The van der Waals surface area contributed by atoms with Crippen LogP contribution in [-0.4, -0.2) is 42.3 Å². The van der Waals surface area contributed by atoms with E-state index in [2.05, 4.69) is 20.0 Å². The van der Waals surface area contributed by atoms with Gasteiger partial charge < -0.3 is 14.8 Å². The van der Waals surface area contributed by atoms with Crippen LogP contribution in [0.1, 0.15) is 31.7 Å². The summed E-state index contributed by atoms with van der Waals surface area (Å²) in [6.45, 7) is 2.37. The number of sulfonamides is 1. The first-order valence-corrected chi connectivity index (χ1v) is 18.4. The van der Waals surface area contributed by atoms with Gasteiger partial charge in [-0.25, -0.2) is 22.8 Å². The van der Waals surface area contributed by atoms with Gasteiger partial charge in [-0.05, 0) is 67.6 Å². The molecule has 0 aliphatic carbocycles. The van der Waals surface area contributed by atoms with Crippen molar-refractivity contribution < 1.29 is 22.3 Å². The summed E-state index contributed by atoms with van der Waals surface area (Å²) in [5, 5.41) is 4.20. The molecule has 1 aliphatic heterocycles. The highest BCUT2D eigenvalue weighted by molar-refractivity contribution is 8.77. The van der Waals surface area contributed by atoms with E-state index in [1.54, 1.807) is 42.5 Å². The average Bonchev–Trinajstić information content (AvgIpc) is 3.49. The number of hydrogen-bond donors (Lipinski definition) is 2. The van der Waals surface area contributed by atoms with Gasteiger partial charge in [-0.2, -0.15) is 0 Å². The molecule has 0 atom stereocenters. The normalized spacial score (nSPS) is 13.7. The third kappa shape index (κ3) is 8.81. The summed E-state index contributed by atoms with van der Waals surface area (Å²) in [6, 6.07) is 14.8. The smallest absolute Gasteiger partial charge is 0.232 e. The van der Waals surface area contributed by atoms with Crippen LogP contribution in [-0.2, 0) is 16.6 Å². The number of unbranched alkanes of at least 4 members (excludes halogenated alkanes) is 1. The molecule has 1 aliphatic rings. The van der Waals surface area contributed by atoms with Crippen molar-refractivity contribution in [1.82, 2.24) is 9.97 Å². The summed E-state index contributed by atoms with van der Waals surface area (Å²) in [5.41, 5.74) is 2.23. The van der Waals surface area contributed by atoms with E-state index in [-0.39, 0.29) is 18.2 Å². The Morgan fingerprint density at radius 1 is 1.02 bits per heavy atom. The van der Waals surface area contributed by atoms with Crippen LogP contribution in [0.2, 0.25) is 5.02 Å². The van der Waals surface area contributed by atoms with Gasteiger partial charge in [0.05, 0.1) is 28.6 Å². The molecule has 0 spiro atoms. The van der Waals surface area contributed by atoms with Gasteiger partial charge in [0.25, 0.3) is 0 Å². The molecule has 0 saturated carbocycles. The molecule has 13 heteroatoms. The average molecular weight is 663 g/mol. The third-order valence-corrected chi connectivity index (χ3v) is 11.1. The minimum atomic E-state index is -3.60. The molecule has 3 aromatic carbocycles. The minimum absolute atomic E-state index is 0.0339. The lowest BCUT2D eigenvalue weighted by Gasteiger charge is -2.16. The zero-order valence-electron chi connectivity index (χ0n) is 23.5. The number of nitrogens with zero attached hydrogens (tertiary/aromatic N) is 2. The molecule has 0 bridgehead atoms. The fourth-order valence-corrected chi connectivity index (χ4v) is 9.05. The van der Waals surface area contributed by atoms with Crippen LogP contribution in [0.4, 0.5) is 21.6 Å². The van der Waals surface area contributed by atoms with E-state index in [9.17, 15) is 12.8 Å². The van der Waals surface area contributed by atoms with Crippen molar-refractivity contribution in [2.24, 2.45) is 5.92 Å². The first-order chi connectivity index (χ1) is 20.8. The fourth-order valence-electron chi connectivity index (χ4n) is 4.61. The quantitative estimate of drug-likeness (QED) is 0.102.